The van der Waals surface area contributed by atoms with E-state index in [0.717, 1.165) is 22.2 Å². The molecule has 0 aliphatic carbocycles. The van der Waals surface area contributed by atoms with Crippen molar-refractivity contribution >= 4 is 16.8 Å². The zero-order chi connectivity index (χ0) is 20.2. The van der Waals surface area contributed by atoms with E-state index in [2.05, 4.69) is 20.3 Å². The Morgan fingerprint density at radius 1 is 1.14 bits per heavy atom. The summed E-state index contributed by atoms with van der Waals surface area (Å²) in [5.41, 5.74) is 2.79. The number of ether oxygens (including phenoxy) is 1. The molecule has 0 radical (unpaired) electrons. The molecule has 1 aromatic carbocycles. The number of aryl methyl sites for hydroxylation is 1. The summed E-state index contributed by atoms with van der Waals surface area (Å²) in [6, 6.07) is 13.1. The average molecular weight is 388 g/mol. The van der Waals surface area contributed by atoms with Gasteiger partial charge < -0.3 is 14.5 Å². The molecule has 3 heterocycles. The van der Waals surface area contributed by atoms with Crippen LogP contribution in [0.5, 0.6) is 5.75 Å². The molecule has 0 unspecified atom stereocenters. The first-order chi connectivity index (χ1) is 14.1. The third-order valence-electron chi connectivity index (χ3n) is 4.54. The maximum absolute atomic E-state index is 12.5. The summed E-state index contributed by atoms with van der Waals surface area (Å²) in [6.45, 7) is 3.93. The minimum absolute atomic E-state index is 0.0951. The van der Waals surface area contributed by atoms with Crippen molar-refractivity contribution in [2.45, 2.75) is 26.5 Å². The van der Waals surface area contributed by atoms with Crippen LogP contribution in [0.15, 0.2) is 65.5 Å². The fourth-order valence-corrected chi connectivity index (χ4v) is 3.10. The van der Waals surface area contributed by atoms with E-state index >= 15 is 0 Å². The van der Waals surface area contributed by atoms with Crippen LogP contribution in [0, 0.1) is 6.92 Å². The second-order valence-electron chi connectivity index (χ2n) is 6.65. The minimum Gasteiger partial charge on any atom is -0.482 e. The number of hydrogen-bond donors (Lipinski definition) is 1. The average Bonchev–Trinajstić information content (AvgIpc) is 3.21. The van der Waals surface area contributed by atoms with Crippen molar-refractivity contribution < 1.29 is 13.9 Å². The topological polar surface area (TPSA) is 90.1 Å². The number of nitrogens with one attached hydrogen (secondary N) is 1. The Kier molecular flexibility index (Phi) is 5.20. The standard InChI is InChI=1S/C22H20N4O3/c1-14-6-4-10-23-20(14)15(2)25-22(27)17-12-29-19(26-17)13-28-18-9-3-7-16-8-5-11-24-21(16)18/h3-12,15H,13H2,1-2H3,(H,25,27)/t15-/m0/s1. The van der Waals surface area contributed by atoms with Crippen molar-refractivity contribution in [1.82, 2.24) is 20.3 Å². The number of pyridine rings is 2. The van der Waals surface area contributed by atoms with Crippen LogP contribution in [0.3, 0.4) is 0 Å². The molecule has 29 heavy (non-hydrogen) atoms. The number of carbonyl (C=O) groups is 1. The van der Waals surface area contributed by atoms with Gasteiger partial charge in [0, 0.05) is 17.8 Å². The summed E-state index contributed by atoms with van der Waals surface area (Å²) >= 11 is 0. The molecule has 4 aromatic rings. The van der Waals surface area contributed by atoms with E-state index in [4.69, 9.17) is 9.15 Å². The van der Waals surface area contributed by atoms with Crippen LogP contribution in [0.4, 0.5) is 0 Å². The van der Waals surface area contributed by atoms with Crippen molar-refractivity contribution in [2.24, 2.45) is 0 Å². The summed E-state index contributed by atoms with van der Waals surface area (Å²) in [5, 5.41) is 3.87. The molecule has 0 aliphatic rings. The summed E-state index contributed by atoms with van der Waals surface area (Å²) in [7, 11) is 0. The molecule has 0 bridgehead atoms. The van der Waals surface area contributed by atoms with Crippen molar-refractivity contribution in [3.05, 3.63) is 84.0 Å². The van der Waals surface area contributed by atoms with Gasteiger partial charge in [0.05, 0.1) is 11.7 Å². The quantitative estimate of drug-likeness (QED) is 0.537. The number of carbonyl (C=O) groups excluding carboxylic acids is 1. The number of oxazole rings is 1. The van der Waals surface area contributed by atoms with Gasteiger partial charge in [-0.1, -0.05) is 24.3 Å². The summed E-state index contributed by atoms with van der Waals surface area (Å²) in [5.74, 6) is 0.612. The zero-order valence-electron chi connectivity index (χ0n) is 16.1. The van der Waals surface area contributed by atoms with Crippen molar-refractivity contribution in [1.29, 1.82) is 0 Å². The highest BCUT2D eigenvalue weighted by molar-refractivity contribution is 5.92. The van der Waals surface area contributed by atoms with E-state index < -0.39 is 0 Å². The number of fused-ring (bicyclic) bond motifs is 1. The maximum atomic E-state index is 12.5. The predicted molar refractivity (Wildman–Crippen MR) is 107 cm³/mol. The molecule has 146 valence electrons. The maximum Gasteiger partial charge on any atom is 0.273 e. The third kappa shape index (κ3) is 4.08. The van der Waals surface area contributed by atoms with E-state index in [1.54, 1.807) is 12.4 Å². The molecule has 0 spiro atoms. The second kappa shape index (κ2) is 8.10. The normalized spacial score (nSPS) is 11.9. The van der Waals surface area contributed by atoms with Crippen molar-refractivity contribution in [2.75, 3.05) is 0 Å². The van der Waals surface area contributed by atoms with E-state index in [-0.39, 0.29) is 24.2 Å². The number of aromatic nitrogens is 3. The number of rotatable bonds is 6. The lowest BCUT2D eigenvalue weighted by Crippen LogP contribution is -2.28. The Balaban J connectivity index is 1.41. The summed E-state index contributed by atoms with van der Waals surface area (Å²) < 4.78 is 11.2. The number of nitrogens with zero attached hydrogens (tertiary/aromatic N) is 3. The highest BCUT2D eigenvalue weighted by Crippen LogP contribution is 2.23. The molecule has 3 aromatic heterocycles. The minimum atomic E-state index is -0.329. The van der Waals surface area contributed by atoms with E-state index in [9.17, 15) is 4.79 Å². The molecule has 0 saturated heterocycles. The Hall–Kier alpha value is -3.74. The first-order valence-corrected chi connectivity index (χ1v) is 9.25. The van der Waals surface area contributed by atoms with Gasteiger partial charge in [0.1, 0.15) is 17.5 Å². The van der Waals surface area contributed by atoms with E-state index in [0.29, 0.717) is 11.6 Å². The van der Waals surface area contributed by atoms with Crippen molar-refractivity contribution in [3.8, 4) is 5.75 Å². The van der Waals surface area contributed by atoms with Crippen LogP contribution in [0.2, 0.25) is 0 Å². The Morgan fingerprint density at radius 3 is 2.79 bits per heavy atom. The fourth-order valence-electron chi connectivity index (χ4n) is 3.10. The van der Waals surface area contributed by atoms with Crippen LogP contribution < -0.4 is 10.1 Å². The highest BCUT2D eigenvalue weighted by Gasteiger charge is 2.17. The lowest BCUT2D eigenvalue weighted by Gasteiger charge is -2.14. The number of amides is 1. The Morgan fingerprint density at radius 2 is 1.93 bits per heavy atom. The number of para-hydroxylation sites is 1. The van der Waals surface area contributed by atoms with Gasteiger partial charge in [-0.3, -0.25) is 14.8 Å². The Bertz CT molecular complexity index is 1150. The summed E-state index contributed by atoms with van der Waals surface area (Å²) in [6.07, 6.45) is 4.75. The molecule has 0 fully saturated rings. The van der Waals surface area contributed by atoms with E-state index in [1.807, 2.05) is 56.3 Å². The lowest BCUT2D eigenvalue weighted by atomic mass is 10.1. The monoisotopic (exact) mass is 388 g/mol. The van der Waals surface area contributed by atoms with Gasteiger partial charge in [0.25, 0.3) is 5.91 Å². The zero-order valence-corrected chi connectivity index (χ0v) is 16.1. The van der Waals surface area contributed by atoms with Crippen LogP contribution in [-0.2, 0) is 6.61 Å². The van der Waals surface area contributed by atoms with Crippen molar-refractivity contribution in [3.63, 3.8) is 0 Å². The van der Waals surface area contributed by atoms with Gasteiger partial charge in [0.2, 0.25) is 5.89 Å². The Labute approximate surface area is 167 Å². The molecule has 7 nitrogen and oxygen atoms in total. The molecule has 0 saturated carbocycles. The lowest BCUT2D eigenvalue weighted by molar-refractivity contribution is 0.0934. The highest BCUT2D eigenvalue weighted by atomic mass is 16.5. The van der Waals surface area contributed by atoms with Crippen LogP contribution in [0.1, 0.15) is 40.6 Å². The number of benzene rings is 1. The molecule has 7 heteroatoms. The molecule has 4 rings (SSSR count). The molecule has 1 amide bonds. The first-order valence-electron chi connectivity index (χ1n) is 9.25. The van der Waals surface area contributed by atoms with Crippen LogP contribution in [-0.4, -0.2) is 20.9 Å². The van der Waals surface area contributed by atoms with Crippen LogP contribution in [0.25, 0.3) is 10.9 Å². The molecular formula is C22H20N4O3. The third-order valence-corrected chi connectivity index (χ3v) is 4.54. The van der Waals surface area contributed by atoms with Gasteiger partial charge >= 0.3 is 0 Å². The summed E-state index contributed by atoms with van der Waals surface area (Å²) in [4.78, 5) is 25.4. The first kappa shape index (κ1) is 18.6. The van der Waals surface area contributed by atoms with Gasteiger partial charge in [0.15, 0.2) is 12.3 Å². The smallest absolute Gasteiger partial charge is 0.273 e. The SMILES string of the molecule is Cc1cccnc1[C@H](C)NC(=O)c1coc(COc2cccc3cccnc23)n1. The molecule has 1 N–H and O–H groups in total. The van der Waals surface area contributed by atoms with Gasteiger partial charge in [-0.25, -0.2) is 4.98 Å². The molecule has 0 aliphatic heterocycles. The van der Waals surface area contributed by atoms with Gasteiger partial charge in [-0.2, -0.15) is 0 Å². The molecular weight excluding hydrogens is 368 g/mol. The van der Waals surface area contributed by atoms with Crippen LogP contribution >= 0.6 is 0 Å². The van der Waals surface area contributed by atoms with E-state index in [1.165, 1.54) is 6.26 Å². The fraction of sp³-hybridized carbons (Fsp3) is 0.182. The van der Waals surface area contributed by atoms with Gasteiger partial charge in [-0.05, 0) is 37.6 Å². The predicted octanol–water partition coefficient (Wildman–Crippen LogP) is 4.00. The largest absolute Gasteiger partial charge is 0.482 e. The molecule has 1 atom stereocenters. The number of hydrogen-bond acceptors (Lipinski definition) is 6. The van der Waals surface area contributed by atoms with Gasteiger partial charge in [-0.15, -0.1) is 0 Å². The second-order valence-corrected chi connectivity index (χ2v) is 6.65.